The summed E-state index contributed by atoms with van der Waals surface area (Å²) in [4.78, 5) is 10.8. The van der Waals surface area contributed by atoms with E-state index in [2.05, 4.69) is 0 Å². The Kier molecular flexibility index (Phi) is 3.37. The lowest BCUT2D eigenvalue weighted by Gasteiger charge is -2.09. The highest BCUT2D eigenvalue weighted by Gasteiger charge is 2.10. The Morgan fingerprint density at radius 2 is 1.89 bits per heavy atom. The Morgan fingerprint density at radius 1 is 1.11 bits per heavy atom. The summed E-state index contributed by atoms with van der Waals surface area (Å²) in [5.41, 5.74) is 0.260. The molecule has 18 heavy (non-hydrogen) atoms. The van der Waals surface area contributed by atoms with E-state index >= 15 is 0 Å². The number of hydrogen-bond acceptors (Lipinski definition) is 2. The molecule has 0 atom stereocenters. The molecule has 0 heterocycles. The Balaban J connectivity index is 2.36. The van der Waals surface area contributed by atoms with Gasteiger partial charge in [-0.15, -0.1) is 0 Å². The van der Waals surface area contributed by atoms with E-state index in [0.717, 1.165) is 0 Å². The molecule has 2 nitrogen and oxygen atoms in total. The number of aldehydes is 1. The fourth-order valence-corrected chi connectivity index (χ4v) is 1.53. The van der Waals surface area contributed by atoms with Crippen LogP contribution in [0.5, 0.6) is 11.5 Å². The summed E-state index contributed by atoms with van der Waals surface area (Å²) in [6.45, 7) is 1.59. The van der Waals surface area contributed by atoms with Gasteiger partial charge in [-0.3, -0.25) is 4.79 Å². The van der Waals surface area contributed by atoms with Crippen molar-refractivity contribution in [2.24, 2.45) is 0 Å². The van der Waals surface area contributed by atoms with E-state index in [4.69, 9.17) is 4.74 Å². The normalized spacial score (nSPS) is 10.2. The van der Waals surface area contributed by atoms with Crippen LogP contribution in [0.15, 0.2) is 36.4 Å². The molecule has 0 amide bonds. The highest BCUT2D eigenvalue weighted by Crippen LogP contribution is 2.27. The molecule has 0 radical (unpaired) electrons. The van der Waals surface area contributed by atoms with Gasteiger partial charge < -0.3 is 4.74 Å². The van der Waals surface area contributed by atoms with Gasteiger partial charge in [-0.05, 0) is 42.8 Å². The number of rotatable bonds is 3. The molecule has 0 aromatic heterocycles. The smallest absolute Gasteiger partial charge is 0.156 e. The lowest BCUT2D eigenvalue weighted by Crippen LogP contribution is -1.94. The quantitative estimate of drug-likeness (QED) is 0.770. The fraction of sp³-hybridized carbons (Fsp3) is 0.0714. The van der Waals surface area contributed by atoms with Gasteiger partial charge in [0.05, 0.1) is 5.56 Å². The minimum atomic E-state index is -0.652. The standard InChI is InChI=1S/C14H10F2O2/c1-9-7-10(5-6-12(9)15)18-14-4-2-3-13(16)11(14)8-17/h2-8H,1H3. The number of aryl methyl sites for hydroxylation is 1. The maximum absolute atomic E-state index is 13.3. The average Bonchev–Trinajstić information content (AvgIpc) is 2.34. The lowest BCUT2D eigenvalue weighted by molar-refractivity contribution is 0.111. The minimum Gasteiger partial charge on any atom is -0.456 e. The molecule has 2 rings (SSSR count). The number of carbonyl (C=O) groups is 1. The predicted octanol–water partition coefficient (Wildman–Crippen LogP) is 3.88. The summed E-state index contributed by atoms with van der Waals surface area (Å²) < 4.78 is 31.8. The molecule has 0 unspecified atom stereocenters. The monoisotopic (exact) mass is 248 g/mol. The molecule has 2 aromatic rings. The first-order valence-corrected chi connectivity index (χ1v) is 5.29. The third-order valence-corrected chi connectivity index (χ3v) is 2.49. The SMILES string of the molecule is Cc1cc(Oc2cccc(F)c2C=O)ccc1F. The number of hydrogen-bond donors (Lipinski definition) is 0. The predicted molar refractivity (Wildman–Crippen MR) is 63.0 cm³/mol. The maximum atomic E-state index is 13.3. The van der Waals surface area contributed by atoms with Gasteiger partial charge in [0, 0.05) is 0 Å². The summed E-state index contributed by atoms with van der Waals surface area (Å²) in [6, 6.07) is 8.24. The van der Waals surface area contributed by atoms with Crippen molar-refractivity contribution in [3.05, 3.63) is 59.2 Å². The molecule has 0 aliphatic carbocycles. The first kappa shape index (κ1) is 12.2. The van der Waals surface area contributed by atoms with Crippen molar-refractivity contribution in [3.8, 4) is 11.5 Å². The van der Waals surface area contributed by atoms with E-state index in [-0.39, 0.29) is 17.1 Å². The zero-order valence-electron chi connectivity index (χ0n) is 9.61. The van der Waals surface area contributed by atoms with Crippen LogP contribution in [0.25, 0.3) is 0 Å². The van der Waals surface area contributed by atoms with Crippen molar-refractivity contribution in [3.63, 3.8) is 0 Å². The molecular formula is C14H10F2O2. The Hall–Kier alpha value is -2.23. The van der Waals surface area contributed by atoms with Gasteiger partial charge in [0.1, 0.15) is 23.1 Å². The largest absolute Gasteiger partial charge is 0.456 e. The third kappa shape index (κ3) is 2.37. The average molecular weight is 248 g/mol. The molecule has 92 valence electrons. The first-order chi connectivity index (χ1) is 8.61. The van der Waals surface area contributed by atoms with Gasteiger partial charge in [-0.1, -0.05) is 6.07 Å². The van der Waals surface area contributed by atoms with Crippen molar-refractivity contribution in [2.45, 2.75) is 6.92 Å². The van der Waals surface area contributed by atoms with Crippen molar-refractivity contribution in [2.75, 3.05) is 0 Å². The molecular weight excluding hydrogens is 238 g/mol. The summed E-state index contributed by atoms with van der Waals surface area (Å²) >= 11 is 0. The van der Waals surface area contributed by atoms with Crippen LogP contribution in [0, 0.1) is 18.6 Å². The van der Waals surface area contributed by atoms with E-state index in [1.165, 1.54) is 36.4 Å². The van der Waals surface area contributed by atoms with Crippen LogP contribution in [0.2, 0.25) is 0 Å². The van der Waals surface area contributed by atoms with E-state index in [9.17, 15) is 13.6 Å². The number of halogens is 2. The molecule has 0 fully saturated rings. The van der Waals surface area contributed by atoms with Gasteiger partial charge in [-0.2, -0.15) is 0 Å². The maximum Gasteiger partial charge on any atom is 0.156 e. The van der Waals surface area contributed by atoms with E-state index in [1.54, 1.807) is 6.92 Å². The second-order valence-electron chi connectivity index (χ2n) is 3.78. The van der Waals surface area contributed by atoms with Gasteiger partial charge in [-0.25, -0.2) is 8.78 Å². The minimum absolute atomic E-state index is 0.107. The van der Waals surface area contributed by atoms with Crippen molar-refractivity contribution in [1.29, 1.82) is 0 Å². The Labute approximate surface area is 103 Å². The Bertz CT molecular complexity index is 594. The van der Waals surface area contributed by atoms with E-state index in [1.807, 2.05) is 0 Å². The highest BCUT2D eigenvalue weighted by molar-refractivity contribution is 5.79. The molecule has 0 bridgehead atoms. The highest BCUT2D eigenvalue weighted by atomic mass is 19.1. The van der Waals surface area contributed by atoms with E-state index in [0.29, 0.717) is 17.6 Å². The van der Waals surface area contributed by atoms with Crippen LogP contribution in [0.1, 0.15) is 15.9 Å². The number of ether oxygens (including phenoxy) is 1. The summed E-state index contributed by atoms with van der Waals surface area (Å²) in [7, 11) is 0. The fourth-order valence-electron chi connectivity index (χ4n) is 1.53. The van der Waals surface area contributed by atoms with Crippen molar-refractivity contribution < 1.29 is 18.3 Å². The number of benzene rings is 2. The second-order valence-corrected chi connectivity index (χ2v) is 3.78. The first-order valence-electron chi connectivity index (χ1n) is 5.29. The van der Waals surface area contributed by atoms with Crippen molar-refractivity contribution in [1.82, 2.24) is 0 Å². The van der Waals surface area contributed by atoms with Crippen LogP contribution in [0.4, 0.5) is 8.78 Å². The molecule has 0 spiro atoms. The zero-order chi connectivity index (χ0) is 13.1. The van der Waals surface area contributed by atoms with Crippen LogP contribution >= 0.6 is 0 Å². The topological polar surface area (TPSA) is 26.3 Å². The van der Waals surface area contributed by atoms with Gasteiger partial charge in [0.25, 0.3) is 0 Å². The molecule has 4 heteroatoms. The molecule has 0 saturated heterocycles. The third-order valence-electron chi connectivity index (χ3n) is 2.49. The van der Waals surface area contributed by atoms with Crippen molar-refractivity contribution >= 4 is 6.29 Å². The number of carbonyl (C=O) groups excluding carboxylic acids is 1. The van der Waals surface area contributed by atoms with Gasteiger partial charge in [0.2, 0.25) is 0 Å². The summed E-state index contributed by atoms with van der Waals surface area (Å²) in [6.07, 6.45) is 0.390. The second kappa shape index (κ2) is 4.96. The van der Waals surface area contributed by atoms with Gasteiger partial charge in [0.15, 0.2) is 6.29 Å². The molecule has 0 N–H and O–H groups in total. The van der Waals surface area contributed by atoms with Crippen LogP contribution in [-0.2, 0) is 0 Å². The zero-order valence-corrected chi connectivity index (χ0v) is 9.61. The van der Waals surface area contributed by atoms with Crippen LogP contribution in [-0.4, -0.2) is 6.29 Å². The van der Waals surface area contributed by atoms with E-state index < -0.39 is 5.82 Å². The molecule has 0 saturated carbocycles. The Morgan fingerprint density at radius 3 is 2.56 bits per heavy atom. The van der Waals surface area contributed by atoms with Gasteiger partial charge >= 0.3 is 0 Å². The molecule has 0 aliphatic rings. The summed E-state index contributed by atoms with van der Waals surface area (Å²) in [5, 5.41) is 0. The molecule has 0 aliphatic heterocycles. The lowest BCUT2D eigenvalue weighted by atomic mass is 10.2. The van der Waals surface area contributed by atoms with Crippen LogP contribution < -0.4 is 4.74 Å². The summed E-state index contributed by atoms with van der Waals surface area (Å²) in [5.74, 6) is -0.544. The molecule has 2 aromatic carbocycles. The van der Waals surface area contributed by atoms with Crippen LogP contribution in [0.3, 0.4) is 0 Å².